The largest absolute Gasteiger partial charge is 0.332 e. The van der Waals surface area contributed by atoms with Gasteiger partial charge in [-0.15, -0.1) is 0 Å². The van der Waals surface area contributed by atoms with Crippen molar-refractivity contribution in [3.05, 3.63) is 18.2 Å². The van der Waals surface area contributed by atoms with Crippen LogP contribution in [0, 0.1) is 0 Å². The highest BCUT2D eigenvalue weighted by molar-refractivity contribution is 5.02. The maximum Gasteiger partial charge on any atom is 0.111 e. The molecule has 236 valence electrons. The van der Waals surface area contributed by atoms with Gasteiger partial charge in [-0.1, -0.05) is 188 Å². The maximum atomic E-state index is 4.97. The van der Waals surface area contributed by atoms with Crippen LogP contribution in [0.15, 0.2) is 12.4 Å². The molecular weight excluding hydrogens is 484 g/mol. The Kier molecular flexibility index (Phi) is 26.4. The molecule has 1 heterocycles. The van der Waals surface area contributed by atoms with Crippen LogP contribution in [-0.2, 0) is 0 Å². The maximum absolute atomic E-state index is 4.97. The van der Waals surface area contributed by atoms with Gasteiger partial charge in [0.2, 0.25) is 0 Å². The fourth-order valence-electron chi connectivity index (χ4n) is 6.53. The van der Waals surface area contributed by atoms with E-state index >= 15 is 0 Å². The Hall–Kier alpha value is -0.790. The molecule has 0 aliphatic heterocycles. The highest BCUT2D eigenvalue weighted by Crippen LogP contribution is 2.30. The van der Waals surface area contributed by atoms with Crippen molar-refractivity contribution in [1.82, 2.24) is 9.55 Å². The molecule has 0 saturated heterocycles. The normalized spacial score (nSPS) is 13.2. The van der Waals surface area contributed by atoms with Gasteiger partial charge in [0.15, 0.2) is 0 Å². The minimum absolute atomic E-state index is 0.589. The standard InChI is InChI=1S/C38H74N2/c1-5-8-11-13-15-17-19-20-21-23-25-27-30-33-37(32-29-26-24-22-18-16-14-12-9-6-2)38-39-34-35-40(38)36(4)31-28-10-7-3/h34-37H,5-33H2,1-4H3. The second-order valence-corrected chi connectivity index (χ2v) is 13.2. The van der Waals surface area contributed by atoms with Crippen LogP contribution in [0.3, 0.4) is 0 Å². The molecule has 40 heavy (non-hydrogen) atoms. The quantitative estimate of drug-likeness (QED) is 0.0828. The zero-order valence-corrected chi connectivity index (χ0v) is 28.2. The first-order valence-corrected chi connectivity index (χ1v) is 18.8. The van der Waals surface area contributed by atoms with E-state index in [1.54, 1.807) is 0 Å². The molecule has 2 nitrogen and oxygen atoms in total. The van der Waals surface area contributed by atoms with Crippen molar-refractivity contribution >= 4 is 0 Å². The summed E-state index contributed by atoms with van der Waals surface area (Å²) in [6.45, 7) is 9.35. The highest BCUT2D eigenvalue weighted by Gasteiger charge is 2.19. The molecule has 0 aliphatic rings. The molecule has 1 aromatic rings. The van der Waals surface area contributed by atoms with Crippen LogP contribution in [0.25, 0.3) is 0 Å². The molecule has 0 aromatic carbocycles. The Bertz CT molecular complexity index is 621. The summed E-state index contributed by atoms with van der Waals surface area (Å²) in [5, 5.41) is 0. The third-order valence-electron chi connectivity index (χ3n) is 9.33. The first-order chi connectivity index (χ1) is 19.7. The third kappa shape index (κ3) is 20.1. The van der Waals surface area contributed by atoms with Crippen molar-refractivity contribution in [2.75, 3.05) is 0 Å². The minimum atomic E-state index is 0.589. The molecule has 0 bridgehead atoms. The molecule has 0 amide bonds. The summed E-state index contributed by atoms with van der Waals surface area (Å²) in [5.74, 6) is 2.06. The van der Waals surface area contributed by atoms with E-state index in [0.29, 0.717) is 12.0 Å². The third-order valence-corrected chi connectivity index (χ3v) is 9.33. The summed E-state index contributed by atoms with van der Waals surface area (Å²) in [7, 11) is 0. The lowest BCUT2D eigenvalue weighted by atomic mass is 9.92. The zero-order chi connectivity index (χ0) is 28.9. The number of aromatic nitrogens is 2. The van der Waals surface area contributed by atoms with E-state index in [1.165, 1.54) is 192 Å². The summed E-state index contributed by atoms with van der Waals surface area (Å²) in [4.78, 5) is 4.97. The molecule has 2 heteroatoms. The van der Waals surface area contributed by atoms with Gasteiger partial charge in [0, 0.05) is 24.4 Å². The predicted octanol–water partition coefficient (Wildman–Crippen LogP) is 13.9. The van der Waals surface area contributed by atoms with Crippen molar-refractivity contribution in [2.45, 2.75) is 226 Å². The van der Waals surface area contributed by atoms with Gasteiger partial charge in [0.1, 0.15) is 5.82 Å². The monoisotopic (exact) mass is 559 g/mol. The van der Waals surface area contributed by atoms with E-state index in [1.807, 2.05) is 0 Å². The van der Waals surface area contributed by atoms with Crippen molar-refractivity contribution in [2.24, 2.45) is 0 Å². The summed E-state index contributed by atoms with van der Waals surface area (Å²) in [6, 6.07) is 0.589. The molecule has 0 spiro atoms. The first-order valence-electron chi connectivity index (χ1n) is 18.8. The van der Waals surface area contributed by atoms with Gasteiger partial charge in [0.05, 0.1) is 0 Å². The zero-order valence-electron chi connectivity index (χ0n) is 28.2. The smallest absolute Gasteiger partial charge is 0.111 e. The second kappa shape index (κ2) is 28.3. The number of hydrogen-bond donors (Lipinski definition) is 0. The van der Waals surface area contributed by atoms with Gasteiger partial charge < -0.3 is 4.57 Å². The average Bonchev–Trinajstić information content (AvgIpc) is 3.45. The molecule has 0 aliphatic carbocycles. The number of hydrogen-bond acceptors (Lipinski definition) is 1. The lowest BCUT2D eigenvalue weighted by Crippen LogP contribution is -2.13. The van der Waals surface area contributed by atoms with Crippen LogP contribution in [-0.4, -0.2) is 9.55 Å². The summed E-state index contributed by atoms with van der Waals surface area (Å²) < 4.78 is 2.55. The molecule has 1 rings (SSSR count). The van der Waals surface area contributed by atoms with Crippen molar-refractivity contribution in [3.8, 4) is 0 Å². The van der Waals surface area contributed by atoms with Crippen molar-refractivity contribution in [1.29, 1.82) is 0 Å². The van der Waals surface area contributed by atoms with Crippen LogP contribution < -0.4 is 0 Å². The van der Waals surface area contributed by atoms with E-state index in [2.05, 4.69) is 44.7 Å². The van der Waals surface area contributed by atoms with E-state index < -0.39 is 0 Å². The van der Waals surface area contributed by atoms with E-state index in [-0.39, 0.29) is 0 Å². The molecular formula is C38H74N2. The molecule has 2 unspecified atom stereocenters. The Labute approximate surface area is 253 Å². The van der Waals surface area contributed by atoms with Gasteiger partial charge in [0.25, 0.3) is 0 Å². The number of unbranched alkanes of at least 4 members (excludes halogenated alkanes) is 23. The lowest BCUT2D eigenvalue weighted by molar-refractivity contribution is 0.414. The van der Waals surface area contributed by atoms with Gasteiger partial charge in [-0.2, -0.15) is 0 Å². The van der Waals surface area contributed by atoms with Crippen LogP contribution in [0.1, 0.15) is 232 Å². The summed E-state index contributed by atoms with van der Waals surface area (Å²) in [6.07, 6.45) is 45.3. The topological polar surface area (TPSA) is 17.8 Å². The molecule has 0 fully saturated rings. The second-order valence-electron chi connectivity index (χ2n) is 13.2. The van der Waals surface area contributed by atoms with E-state index in [4.69, 9.17) is 4.98 Å². The number of nitrogens with zero attached hydrogens (tertiary/aromatic N) is 2. The van der Waals surface area contributed by atoms with Crippen LogP contribution in [0.4, 0.5) is 0 Å². The summed E-state index contributed by atoms with van der Waals surface area (Å²) >= 11 is 0. The van der Waals surface area contributed by atoms with Crippen LogP contribution >= 0.6 is 0 Å². The molecule has 0 radical (unpaired) electrons. The fraction of sp³-hybridized carbons (Fsp3) is 0.921. The Morgan fingerprint density at radius 1 is 0.475 bits per heavy atom. The van der Waals surface area contributed by atoms with Crippen molar-refractivity contribution < 1.29 is 0 Å². The van der Waals surface area contributed by atoms with Gasteiger partial charge in [-0.05, 0) is 26.2 Å². The highest BCUT2D eigenvalue weighted by atomic mass is 15.1. The number of imidazole rings is 1. The predicted molar refractivity (Wildman–Crippen MR) is 181 cm³/mol. The Morgan fingerprint density at radius 3 is 1.20 bits per heavy atom. The fourth-order valence-corrected chi connectivity index (χ4v) is 6.53. The minimum Gasteiger partial charge on any atom is -0.332 e. The van der Waals surface area contributed by atoms with Gasteiger partial charge in [-0.3, -0.25) is 0 Å². The van der Waals surface area contributed by atoms with Crippen LogP contribution in [0.5, 0.6) is 0 Å². The van der Waals surface area contributed by atoms with Crippen molar-refractivity contribution in [3.63, 3.8) is 0 Å². The molecule has 0 saturated carbocycles. The van der Waals surface area contributed by atoms with Gasteiger partial charge in [-0.25, -0.2) is 4.98 Å². The lowest BCUT2D eigenvalue weighted by Gasteiger charge is -2.22. The Morgan fingerprint density at radius 2 is 0.800 bits per heavy atom. The first kappa shape index (κ1) is 37.2. The molecule has 1 aromatic heterocycles. The summed E-state index contributed by atoms with van der Waals surface area (Å²) in [5.41, 5.74) is 0. The Balaban J connectivity index is 2.35. The SMILES string of the molecule is CCCCCCCCCCCCCCCC(CCCCCCCCCCCC)c1nccn1C(C)CCCCC. The van der Waals surface area contributed by atoms with E-state index in [9.17, 15) is 0 Å². The van der Waals surface area contributed by atoms with Crippen LogP contribution in [0.2, 0.25) is 0 Å². The molecule has 2 atom stereocenters. The van der Waals surface area contributed by atoms with E-state index in [0.717, 1.165) is 0 Å². The number of rotatable bonds is 31. The average molecular weight is 559 g/mol. The van der Waals surface area contributed by atoms with Gasteiger partial charge >= 0.3 is 0 Å². The molecule has 0 N–H and O–H groups in total.